The fraction of sp³-hybridized carbons (Fsp3) is 0.100. The van der Waals surface area contributed by atoms with E-state index in [1.54, 1.807) is 0 Å². The van der Waals surface area contributed by atoms with Crippen molar-refractivity contribution in [2.75, 3.05) is 5.32 Å². The number of aromatic nitrogens is 6. The molecule has 3 aromatic heterocycles. The number of rotatable bonds is 4. The number of alkyl halides is 3. The van der Waals surface area contributed by atoms with Gasteiger partial charge in [0.15, 0.2) is 5.82 Å². The first-order valence-corrected chi connectivity index (χ1v) is 10.0. The third kappa shape index (κ3) is 4.30. The van der Waals surface area contributed by atoms with Crippen molar-refractivity contribution >= 4 is 34.8 Å². The lowest BCUT2D eigenvalue weighted by Crippen LogP contribution is -2.21. The first-order valence-electron chi connectivity index (χ1n) is 9.28. The summed E-state index contributed by atoms with van der Waals surface area (Å²) < 4.78 is 43.0. The number of benzene rings is 1. The van der Waals surface area contributed by atoms with Crippen molar-refractivity contribution in [2.24, 2.45) is 7.05 Å². The van der Waals surface area contributed by atoms with E-state index in [1.807, 2.05) is 6.07 Å². The number of anilines is 1. The van der Waals surface area contributed by atoms with Gasteiger partial charge in [0, 0.05) is 12.6 Å². The second kappa shape index (κ2) is 8.77. The van der Waals surface area contributed by atoms with E-state index in [9.17, 15) is 18.0 Å². The molecule has 1 amide bonds. The van der Waals surface area contributed by atoms with Crippen LogP contribution >= 0.6 is 23.2 Å². The Kier molecular flexibility index (Phi) is 5.99. The smallest absolute Gasteiger partial charge is 0.319 e. The highest BCUT2D eigenvalue weighted by Crippen LogP contribution is 2.41. The zero-order valence-electron chi connectivity index (χ0n) is 17.0. The van der Waals surface area contributed by atoms with E-state index in [-0.39, 0.29) is 32.7 Å². The summed E-state index contributed by atoms with van der Waals surface area (Å²) in [4.78, 5) is 18.1. The summed E-state index contributed by atoms with van der Waals surface area (Å²) in [5, 5.41) is 22.9. The standard InChI is InChI=1S/C20H11Cl2F3N8O/c1-32-17(19(34)30-11-7-14(22)18(27-9-11)33-28-4-5-29-33)15(20(23,24)25)16(31-32)12-3-2-10(8-26)6-13(12)21/h2-7,9H,1H3,(H,30,34). The van der Waals surface area contributed by atoms with Gasteiger partial charge in [0.25, 0.3) is 5.91 Å². The average molecular weight is 507 g/mol. The third-order valence-electron chi connectivity index (χ3n) is 4.59. The van der Waals surface area contributed by atoms with Crippen LogP contribution in [0, 0.1) is 11.3 Å². The fourth-order valence-corrected chi connectivity index (χ4v) is 3.69. The van der Waals surface area contributed by atoms with E-state index in [0.717, 1.165) is 9.48 Å². The Bertz CT molecular complexity index is 1440. The van der Waals surface area contributed by atoms with Gasteiger partial charge >= 0.3 is 6.18 Å². The minimum absolute atomic E-state index is 0.0400. The maximum Gasteiger partial charge on any atom is 0.420 e. The van der Waals surface area contributed by atoms with Crippen LogP contribution in [0.2, 0.25) is 10.0 Å². The SMILES string of the molecule is Cn1nc(-c2ccc(C#N)cc2Cl)c(C(F)(F)F)c1C(=O)Nc1cnc(-n2nccn2)c(Cl)c1. The highest BCUT2D eigenvalue weighted by Gasteiger charge is 2.42. The van der Waals surface area contributed by atoms with Crippen molar-refractivity contribution in [3.63, 3.8) is 0 Å². The molecule has 14 heteroatoms. The molecule has 34 heavy (non-hydrogen) atoms. The molecule has 172 valence electrons. The number of hydrogen-bond donors (Lipinski definition) is 1. The van der Waals surface area contributed by atoms with Crippen molar-refractivity contribution in [3.05, 3.63) is 69.7 Å². The van der Waals surface area contributed by atoms with Crippen molar-refractivity contribution in [1.82, 2.24) is 29.8 Å². The van der Waals surface area contributed by atoms with Crippen LogP contribution in [0.4, 0.5) is 18.9 Å². The number of carbonyl (C=O) groups excluding carboxylic acids is 1. The summed E-state index contributed by atoms with van der Waals surface area (Å²) in [6.45, 7) is 0. The van der Waals surface area contributed by atoms with Crippen LogP contribution in [0.25, 0.3) is 17.1 Å². The average Bonchev–Trinajstić information content (AvgIpc) is 3.41. The lowest BCUT2D eigenvalue weighted by atomic mass is 10.0. The van der Waals surface area contributed by atoms with Crippen molar-refractivity contribution in [3.8, 4) is 23.1 Å². The molecule has 3 heterocycles. The van der Waals surface area contributed by atoms with Gasteiger partial charge in [-0.15, -0.1) is 4.80 Å². The summed E-state index contributed by atoms with van der Waals surface area (Å²) >= 11 is 12.3. The summed E-state index contributed by atoms with van der Waals surface area (Å²) in [6.07, 6.45) is -0.928. The predicted octanol–water partition coefficient (Wildman–Crippen LogP) is 4.51. The number of aryl methyl sites for hydroxylation is 1. The second-order valence-electron chi connectivity index (χ2n) is 6.80. The van der Waals surface area contributed by atoms with Crippen LogP contribution in [0.1, 0.15) is 21.6 Å². The molecule has 1 aromatic carbocycles. The van der Waals surface area contributed by atoms with E-state index < -0.39 is 29.0 Å². The highest BCUT2D eigenvalue weighted by molar-refractivity contribution is 6.33. The number of nitriles is 1. The van der Waals surface area contributed by atoms with Gasteiger partial charge in [-0.1, -0.05) is 23.2 Å². The van der Waals surface area contributed by atoms with E-state index >= 15 is 0 Å². The van der Waals surface area contributed by atoms with Gasteiger partial charge < -0.3 is 5.32 Å². The van der Waals surface area contributed by atoms with E-state index in [4.69, 9.17) is 28.5 Å². The molecule has 1 N–H and O–H groups in total. The molecule has 4 rings (SSSR count). The molecule has 0 saturated heterocycles. The molecule has 0 unspecified atom stereocenters. The van der Waals surface area contributed by atoms with Crippen molar-refractivity contribution in [2.45, 2.75) is 6.18 Å². The number of nitrogens with one attached hydrogen (secondary N) is 1. The third-order valence-corrected chi connectivity index (χ3v) is 5.18. The monoisotopic (exact) mass is 506 g/mol. The summed E-state index contributed by atoms with van der Waals surface area (Å²) in [5.41, 5.74) is -2.46. The summed E-state index contributed by atoms with van der Waals surface area (Å²) in [7, 11) is 1.20. The van der Waals surface area contributed by atoms with E-state index in [1.165, 1.54) is 49.9 Å². The van der Waals surface area contributed by atoms with Gasteiger partial charge in [0.1, 0.15) is 17.0 Å². The first-order chi connectivity index (χ1) is 16.1. The maximum atomic E-state index is 14.1. The zero-order valence-corrected chi connectivity index (χ0v) is 18.5. The van der Waals surface area contributed by atoms with E-state index in [0.29, 0.717) is 0 Å². The van der Waals surface area contributed by atoms with Crippen LogP contribution in [-0.4, -0.2) is 35.7 Å². The molecule has 0 saturated carbocycles. The lowest BCUT2D eigenvalue weighted by Gasteiger charge is -2.12. The molecular formula is C20H11Cl2F3N8O. The van der Waals surface area contributed by atoms with Gasteiger partial charge in [0.05, 0.1) is 46.0 Å². The number of carbonyl (C=O) groups is 1. The van der Waals surface area contributed by atoms with E-state index in [2.05, 4.69) is 25.6 Å². The largest absolute Gasteiger partial charge is 0.420 e. The Morgan fingerprint density at radius 2 is 1.85 bits per heavy atom. The number of amides is 1. The molecule has 0 bridgehead atoms. The summed E-state index contributed by atoms with van der Waals surface area (Å²) in [6, 6.07) is 6.91. The van der Waals surface area contributed by atoms with Crippen LogP contribution < -0.4 is 5.32 Å². The maximum absolute atomic E-state index is 14.1. The molecular weight excluding hydrogens is 496 g/mol. The van der Waals surface area contributed by atoms with Crippen molar-refractivity contribution in [1.29, 1.82) is 5.26 Å². The summed E-state index contributed by atoms with van der Waals surface area (Å²) in [5.74, 6) is -0.930. The molecule has 0 atom stereocenters. The molecule has 0 spiro atoms. The minimum Gasteiger partial charge on any atom is -0.319 e. The second-order valence-corrected chi connectivity index (χ2v) is 7.62. The van der Waals surface area contributed by atoms with Gasteiger partial charge in [-0.25, -0.2) is 4.98 Å². The van der Waals surface area contributed by atoms with Gasteiger partial charge in [-0.2, -0.15) is 33.7 Å². The predicted molar refractivity (Wildman–Crippen MR) is 115 cm³/mol. The Morgan fingerprint density at radius 1 is 1.15 bits per heavy atom. The van der Waals surface area contributed by atoms with Crippen LogP contribution in [0.5, 0.6) is 0 Å². The highest BCUT2D eigenvalue weighted by atomic mass is 35.5. The quantitative estimate of drug-likeness (QED) is 0.435. The van der Waals surface area contributed by atoms with Crippen molar-refractivity contribution < 1.29 is 18.0 Å². The molecule has 9 nitrogen and oxygen atoms in total. The van der Waals surface area contributed by atoms with Crippen LogP contribution in [-0.2, 0) is 13.2 Å². The Balaban J connectivity index is 1.74. The van der Waals surface area contributed by atoms with Crippen LogP contribution in [0.3, 0.4) is 0 Å². The first kappa shape index (κ1) is 23.2. The molecule has 0 fully saturated rings. The number of nitrogens with zero attached hydrogens (tertiary/aromatic N) is 7. The minimum atomic E-state index is -4.95. The fourth-order valence-electron chi connectivity index (χ4n) is 3.18. The Hall–Kier alpha value is -3.95. The molecule has 0 radical (unpaired) electrons. The molecule has 4 aromatic rings. The number of pyridine rings is 1. The number of hydrogen-bond acceptors (Lipinski definition) is 6. The Morgan fingerprint density at radius 3 is 2.44 bits per heavy atom. The van der Waals surface area contributed by atoms with Gasteiger partial charge in [-0.05, 0) is 24.3 Å². The zero-order chi connectivity index (χ0) is 24.6. The molecule has 0 aliphatic rings. The Labute approximate surface area is 199 Å². The molecule has 0 aliphatic heterocycles. The van der Waals surface area contributed by atoms with Gasteiger partial charge in [-0.3, -0.25) is 9.48 Å². The normalized spacial score (nSPS) is 11.3. The molecule has 0 aliphatic carbocycles. The van der Waals surface area contributed by atoms with Gasteiger partial charge in [0.2, 0.25) is 0 Å². The lowest BCUT2D eigenvalue weighted by molar-refractivity contribution is -0.137. The number of halogens is 5. The topological polar surface area (TPSA) is 114 Å². The van der Waals surface area contributed by atoms with Crippen LogP contribution in [0.15, 0.2) is 42.9 Å².